The molecule has 0 saturated heterocycles. The summed E-state index contributed by atoms with van der Waals surface area (Å²) in [6.45, 7) is 0. The Bertz CT molecular complexity index is 2430. The average molecular weight is 613 g/mol. The van der Waals surface area contributed by atoms with E-state index in [-0.39, 0.29) is 0 Å². The van der Waals surface area contributed by atoms with Crippen LogP contribution in [-0.2, 0) is 0 Å². The van der Waals surface area contributed by atoms with Crippen molar-refractivity contribution in [3.8, 4) is 33.4 Å². The van der Waals surface area contributed by atoms with Crippen molar-refractivity contribution < 1.29 is 0 Å². The molecule has 9 aromatic rings. The number of hydrogen-bond donors (Lipinski definition) is 0. The van der Waals surface area contributed by atoms with Gasteiger partial charge in [0.2, 0.25) is 0 Å². The molecule has 0 aliphatic heterocycles. The smallest absolute Gasteiger partial charge is 0.0555 e. The largest absolute Gasteiger partial charge is 0.310 e. The first-order chi connectivity index (χ1) is 23.8. The lowest BCUT2D eigenvalue weighted by Crippen LogP contribution is -2.10. The molecule has 226 valence electrons. The summed E-state index contributed by atoms with van der Waals surface area (Å²) in [5.74, 6) is 0. The van der Waals surface area contributed by atoms with Crippen LogP contribution in [0.25, 0.3) is 60.7 Å². The van der Waals surface area contributed by atoms with Crippen LogP contribution in [0.2, 0.25) is 0 Å². The highest BCUT2D eigenvalue weighted by Gasteiger charge is 2.20. The zero-order valence-corrected chi connectivity index (χ0v) is 26.4. The molecule has 0 saturated carbocycles. The highest BCUT2D eigenvalue weighted by Crippen LogP contribution is 2.43. The first-order valence-electron chi connectivity index (χ1n) is 16.4. The second-order valence-corrected chi connectivity index (χ2v) is 12.2. The Morgan fingerprint density at radius 2 is 0.750 bits per heavy atom. The first-order valence-corrected chi connectivity index (χ1v) is 16.4. The van der Waals surface area contributed by atoms with Gasteiger partial charge < -0.3 is 9.30 Å². The van der Waals surface area contributed by atoms with Crippen LogP contribution in [0.3, 0.4) is 0 Å². The first kappa shape index (κ1) is 27.9. The molecule has 0 unspecified atom stereocenters. The van der Waals surface area contributed by atoms with Crippen LogP contribution in [0.1, 0.15) is 0 Å². The number of anilines is 3. The predicted octanol–water partition coefficient (Wildman–Crippen LogP) is 12.7. The fourth-order valence-electron chi connectivity index (χ4n) is 7.14. The van der Waals surface area contributed by atoms with Gasteiger partial charge in [0.05, 0.1) is 22.2 Å². The molecule has 0 amide bonds. The summed E-state index contributed by atoms with van der Waals surface area (Å²) in [5, 5.41) is 2.44. The lowest BCUT2D eigenvalue weighted by molar-refractivity contribution is 1.28. The number of para-hydroxylation sites is 1. The van der Waals surface area contributed by atoms with E-state index in [0.29, 0.717) is 0 Å². The fraction of sp³-hybridized carbons (Fsp3) is 0. The van der Waals surface area contributed by atoms with E-state index in [1.165, 1.54) is 60.7 Å². The second kappa shape index (κ2) is 11.8. The summed E-state index contributed by atoms with van der Waals surface area (Å²) in [4.78, 5) is 2.39. The molecule has 0 fully saturated rings. The maximum absolute atomic E-state index is 2.44. The molecule has 48 heavy (non-hydrogen) atoms. The lowest BCUT2D eigenvalue weighted by Gasteiger charge is -2.27. The molecule has 0 radical (unpaired) electrons. The van der Waals surface area contributed by atoms with Gasteiger partial charge in [-0.1, -0.05) is 140 Å². The van der Waals surface area contributed by atoms with E-state index in [0.717, 1.165) is 17.1 Å². The van der Waals surface area contributed by atoms with Gasteiger partial charge in [-0.15, -0.1) is 0 Å². The Morgan fingerprint density at radius 3 is 1.33 bits per heavy atom. The van der Waals surface area contributed by atoms with Crippen molar-refractivity contribution >= 4 is 44.4 Å². The van der Waals surface area contributed by atoms with E-state index in [1.54, 1.807) is 0 Å². The fourth-order valence-corrected chi connectivity index (χ4v) is 7.14. The van der Waals surface area contributed by atoms with Crippen LogP contribution in [0.15, 0.2) is 194 Å². The molecule has 0 bridgehead atoms. The molecule has 7 aromatic carbocycles. The Balaban J connectivity index is 1.26. The van der Waals surface area contributed by atoms with Crippen LogP contribution in [0.5, 0.6) is 0 Å². The maximum Gasteiger partial charge on any atom is 0.0555 e. The summed E-state index contributed by atoms with van der Waals surface area (Å²) in [6, 6.07) is 69.8. The maximum atomic E-state index is 2.44. The summed E-state index contributed by atoms with van der Waals surface area (Å²) in [6.07, 6.45) is 0. The molecule has 2 heteroatoms. The summed E-state index contributed by atoms with van der Waals surface area (Å²) in [7, 11) is 0. The van der Waals surface area contributed by atoms with Gasteiger partial charge in [-0.3, -0.25) is 0 Å². The molecular weight excluding hydrogens is 581 g/mol. The monoisotopic (exact) mass is 612 g/mol. The molecule has 0 N–H and O–H groups in total. The van der Waals surface area contributed by atoms with Crippen LogP contribution in [-0.4, -0.2) is 4.40 Å². The minimum Gasteiger partial charge on any atom is -0.310 e. The van der Waals surface area contributed by atoms with Gasteiger partial charge >= 0.3 is 0 Å². The Kier molecular flexibility index (Phi) is 6.84. The van der Waals surface area contributed by atoms with Crippen molar-refractivity contribution in [3.63, 3.8) is 0 Å². The number of aromatic nitrogens is 1. The van der Waals surface area contributed by atoms with E-state index >= 15 is 0 Å². The number of pyridine rings is 1. The van der Waals surface area contributed by atoms with E-state index < -0.39 is 0 Å². The Hall–Kier alpha value is -6.38. The molecule has 9 rings (SSSR count). The van der Waals surface area contributed by atoms with Gasteiger partial charge in [-0.2, -0.15) is 0 Å². The van der Waals surface area contributed by atoms with Gasteiger partial charge in [-0.05, 0) is 82.4 Å². The zero-order valence-electron chi connectivity index (χ0n) is 26.4. The van der Waals surface area contributed by atoms with Crippen molar-refractivity contribution in [2.75, 3.05) is 4.90 Å². The molecule has 0 spiro atoms. The number of hydrogen-bond acceptors (Lipinski definition) is 1. The van der Waals surface area contributed by atoms with Crippen molar-refractivity contribution in [2.24, 2.45) is 0 Å². The Morgan fingerprint density at radius 1 is 0.292 bits per heavy atom. The van der Waals surface area contributed by atoms with E-state index in [2.05, 4.69) is 203 Å². The van der Waals surface area contributed by atoms with E-state index in [1.807, 2.05) is 0 Å². The van der Waals surface area contributed by atoms with Crippen molar-refractivity contribution in [1.29, 1.82) is 0 Å². The number of rotatable bonds is 6. The van der Waals surface area contributed by atoms with Crippen molar-refractivity contribution in [2.45, 2.75) is 0 Å². The molecule has 0 aliphatic rings. The Labute approximate surface area is 280 Å². The van der Waals surface area contributed by atoms with Crippen LogP contribution >= 0.6 is 0 Å². The quantitative estimate of drug-likeness (QED) is 0.181. The molecule has 0 aliphatic carbocycles. The number of nitrogens with zero attached hydrogens (tertiary/aromatic N) is 2. The minimum atomic E-state index is 1.11. The molecule has 0 atom stereocenters. The van der Waals surface area contributed by atoms with E-state index in [4.69, 9.17) is 0 Å². The minimum absolute atomic E-state index is 1.11. The third-order valence-electron chi connectivity index (χ3n) is 9.39. The number of fused-ring (bicyclic) bond motifs is 5. The average Bonchev–Trinajstić information content (AvgIpc) is 3.52. The van der Waals surface area contributed by atoms with Gasteiger partial charge in [-0.25, -0.2) is 0 Å². The highest BCUT2D eigenvalue weighted by atomic mass is 15.1. The second-order valence-electron chi connectivity index (χ2n) is 12.2. The van der Waals surface area contributed by atoms with Crippen molar-refractivity contribution in [1.82, 2.24) is 4.40 Å². The number of benzene rings is 7. The van der Waals surface area contributed by atoms with Gasteiger partial charge in [0, 0.05) is 27.7 Å². The predicted molar refractivity (Wildman–Crippen MR) is 203 cm³/mol. The highest BCUT2D eigenvalue weighted by molar-refractivity contribution is 6.10. The van der Waals surface area contributed by atoms with Gasteiger partial charge in [0.1, 0.15) is 0 Å². The van der Waals surface area contributed by atoms with Gasteiger partial charge in [0.15, 0.2) is 0 Å². The van der Waals surface area contributed by atoms with Crippen LogP contribution in [0.4, 0.5) is 17.1 Å². The third kappa shape index (κ3) is 4.74. The third-order valence-corrected chi connectivity index (χ3v) is 9.39. The SMILES string of the molecule is c1ccc(-c2ccc(N(c3ccc(-c4ccccc4)cc3)c3cccc4c3ccc3c(-c5ccccc5)c5ccccc5n34)cc2)cc1. The normalized spacial score (nSPS) is 11.3. The van der Waals surface area contributed by atoms with Crippen LogP contribution < -0.4 is 4.90 Å². The van der Waals surface area contributed by atoms with E-state index in [9.17, 15) is 0 Å². The molecule has 2 nitrogen and oxygen atoms in total. The lowest BCUT2D eigenvalue weighted by atomic mass is 10.0. The topological polar surface area (TPSA) is 7.65 Å². The standard InChI is InChI=1S/C46H32N2/c1-4-13-33(14-5-1)35-23-27-38(28-24-35)47(39-29-25-36(26-30-39)34-15-6-2-7-16-34)42-21-12-22-43-40(42)31-32-45-46(37-17-8-3-9-18-37)41-19-10-11-20-44(41)48(43)45/h1-32H. The summed E-state index contributed by atoms with van der Waals surface area (Å²) in [5.41, 5.74) is 14.3. The summed E-state index contributed by atoms with van der Waals surface area (Å²) >= 11 is 0. The molecule has 2 aromatic heterocycles. The molecular formula is C46H32N2. The molecule has 2 heterocycles. The van der Waals surface area contributed by atoms with Crippen molar-refractivity contribution in [3.05, 3.63) is 194 Å². The van der Waals surface area contributed by atoms with Gasteiger partial charge in [0.25, 0.3) is 0 Å². The van der Waals surface area contributed by atoms with Crippen LogP contribution in [0, 0.1) is 0 Å². The zero-order chi connectivity index (χ0) is 31.9. The summed E-state index contributed by atoms with van der Waals surface area (Å²) < 4.78 is 2.44.